The summed E-state index contributed by atoms with van der Waals surface area (Å²) in [6.45, 7) is 1.99. The molecule has 1 unspecified atom stereocenters. The van der Waals surface area contributed by atoms with Crippen LogP contribution in [0.1, 0.15) is 31.2 Å². The van der Waals surface area contributed by atoms with Gasteiger partial charge in [-0.25, -0.2) is 0 Å². The third kappa shape index (κ3) is 4.03. The first-order chi connectivity index (χ1) is 10.0. The van der Waals surface area contributed by atoms with Gasteiger partial charge in [0.25, 0.3) is 0 Å². The molecule has 0 saturated carbocycles. The fraction of sp³-hybridized carbons (Fsp3) is 0.647. The van der Waals surface area contributed by atoms with Gasteiger partial charge >= 0.3 is 0 Å². The van der Waals surface area contributed by atoms with Crippen LogP contribution >= 0.6 is 0 Å². The number of pyridine rings is 1. The first kappa shape index (κ1) is 16.0. The summed E-state index contributed by atoms with van der Waals surface area (Å²) in [5, 5.41) is 0. The molecular weight excluding hydrogens is 262 g/mol. The van der Waals surface area contributed by atoms with Crippen LogP contribution in [0.2, 0.25) is 0 Å². The smallest absolute Gasteiger partial charge is 0.229 e. The van der Waals surface area contributed by atoms with Crippen LogP contribution in [0.25, 0.3) is 0 Å². The standard InChI is InChI=1S/C17H27N3O/c1-19(2)16(21)17(10-5-13-20(3)14-17)9-4-6-15-7-11-18-12-8-15/h7-8,11-12H,4-6,9-10,13-14H2,1-3H3. The van der Waals surface area contributed by atoms with Crippen molar-refractivity contribution in [3.63, 3.8) is 0 Å². The maximum absolute atomic E-state index is 12.7. The number of piperidine rings is 1. The lowest BCUT2D eigenvalue weighted by Crippen LogP contribution is -2.50. The highest BCUT2D eigenvalue weighted by molar-refractivity contribution is 5.82. The first-order valence-electron chi connectivity index (χ1n) is 7.83. The molecule has 4 nitrogen and oxygen atoms in total. The molecule has 2 heterocycles. The summed E-state index contributed by atoms with van der Waals surface area (Å²) in [6, 6.07) is 4.13. The molecule has 1 aromatic heterocycles. The van der Waals surface area contributed by atoms with E-state index in [4.69, 9.17) is 0 Å². The van der Waals surface area contributed by atoms with E-state index in [1.807, 2.05) is 26.5 Å². The second-order valence-corrected chi connectivity index (χ2v) is 6.53. The Morgan fingerprint density at radius 3 is 2.71 bits per heavy atom. The zero-order chi connectivity index (χ0) is 15.3. The molecule has 0 N–H and O–H groups in total. The minimum atomic E-state index is -0.191. The first-order valence-corrected chi connectivity index (χ1v) is 7.83. The van der Waals surface area contributed by atoms with Crippen molar-refractivity contribution < 1.29 is 4.79 Å². The van der Waals surface area contributed by atoms with Crippen LogP contribution < -0.4 is 0 Å². The van der Waals surface area contributed by atoms with Gasteiger partial charge in [0.1, 0.15) is 0 Å². The third-order valence-corrected chi connectivity index (χ3v) is 4.50. The second-order valence-electron chi connectivity index (χ2n) is 6.53. The molecule has 1 aliphatic heterocycles. The van der Waals surface area contributed by atoms with Crippen molar-refractivity contribution in [1.82, 2.24) is 14.8 Å². The zero-order valence-corrected chi connectivity index (χ0v) is 13.5. The molecule has 0 spiro atoms. The van der Waals surface area contributed by atoms with Gasteiger partial charge in [0, 0.05) is 33.0 Å². The van der Waals surface area contributed by atoms with Crippen LogP contribution in [0.4, 0.5) is 0 Å². The lowest BCUT2D eigenvalue weighted by atomic mass is 9.74. The number of rotatable bonds is 5. The van der Waals surface area contributed by atoms with E-state index >= 15 is 0 Å². The summed E-state index contributed by atoms with van der Waals surface area (Å²) in [7, 11) is 5.88. The van der Waals surface area contributed by atoms with Crippen molar-refractivity contribution in [3.05, 3.63) is 30.1 Å². The van der Waals surface area contributed by atoms with E-state index in [0.29, 0.717) is 5.91 Å². The highest BCUT2D eigenvalue weighted by atomic mass is 16.2. The summed E-state index contributed by atoms with van der Waals surface area (Å²) in [4.78, 5) is 20.8. The molecule has 0 radical (unpaired) electrons. The molecule has 4 heteroatoms. The Balaban J connectivity index is 2.01. The number of carbonyl (C=O) groups excluding carboxylic acids is 1. The Hall–Kier alpha value is -1.42. The van der Waals surface area contributed by atoms with Crippen molar-refractivity contribution in [2.24, 2.45) is 5.41 Å². The maximum atomic E-state index is 12.7. The number of hydrogen-bond donors (Lipinski definition) is 0. The average molecular weight is 289 g/mol. The van der Waals surface area contributed by atoms with Gasteiger partial charge in [0.05, 0.1) is 5.41 Å². The summed E-state index contributed by atoms with van der Waals surface area (Å²) in [5.41, 5.74) is 1.12. The molecule has 1 saturated heterocycles. The largest absolute Gasteiger partial charge is 0.348 e. The molecule has 21 heavy (non-hydrogen) atoms. The van der Waals surface area contributed by atoms with E-state index in [9.17, 15) is 4.79 Å². The highest BCUT2D eigenvalue weighted by Crippen LogP contribution is 2.36. The quantitative estimate of drug-likeness (QED) is 0.834. The molecule has 0 aliphatic carbocycles. The van der Waals surface area contributed by atoms with E-state index in [0.717, 1.165) is 45.2 Å². The SMILES string of the molecule is CN1CCCC(CCCc2ccncc2)(C(=O)N(C)C)C1. The minimum Gasteiger partial charge on any atom is -0.348 e. The Morgan fingerprint density at radius 2 is 2.10 bits per heavy atom. The van der Waals surface area contributed by atoms with Crippen molar-refractivity contribution in [2.75, 3.05) is 34.2 Å². The Morgan fingerprint density at radius 1 is 1.38 bits per heavy atom. The van der Waals surface area contributed by atoms with Crippen LogP contribution in [-0.2, 0) is 11.2 Å². The zero-order valence-electron chi connectivity index (χ0n) is 13.5. The Bertz CT molecular complexity index is 460. The third-order valence-electron chi connectivity index (χ3n) is 4.50. The predicted octanol–water partition coefficient (Wildman–Crippen LogP) is 2.20. The van der Waals surface area contributed by atoms with Crippen LogP contribution in [0.5, 0.6) is 0 Å². The highest BCUT2D eigenvalue weighted by Gasteiger charge is 2.41. The van der Waals surface area contributed by atoms with E-state index in [2.05, 4.69) is 29.1 Å². The van der Waals surface area contributed by atoms with Crippen molar-refractivity contribution in [1.29, 1.82) is 0 Å². The fourth-order valence-electron chi connectivity index (χ4n) is 3.50. The van der Waals surface area contributed by atoms with E-state index < -0.39 is 0 Å². The Kier molecular flexibility index (Phi) is 5.34. The molecule has 1 amide bonds. The lowest BCUT2D eigenvalue weighted by molar-refractivity contribution is -0.143. The van der Waals surface area contributed by atoms with Gasteiger partial charge in [-0.3, -0.25) is 9.78 Å². The minimum absolute atomic E-state index is 0.191. The Labute approximate surface area is 128 Å². The van der Waals surface area contributed by atoms with Crippen molar-refractivity contribution in [2.45, 2.75) is 32.1 Å². The molecule has 116 valence electrons. The molecule has 0 aromatic carbocycles. The van der Waals surface area contributed by atoms with Crippen LogP contribution in [0, 0.1) is 5.41 Å². The fourth-order valence-corrected chi connectivity index (χ4v) is 3.50. The number of hydrogen-bond acceptors (Lipinski definition) is 3. The van der Waals surface area contributed by atoms with Crippen molar-refractivity contribution in [3.8, 4) is 0 Å². The summed E-state index contributed by atoms with van der Waals surface area (Å²) in [5.74, 6) is 0.295. The number of likely N-dealkylation sites (tertiary alicyclic amines) is 1. The van der Waals surface area contributed by atoms with Crippen LogP contribution in [0.3, 0.4) is 0 Å². The maximum Gasteiger partial charge on any atom is 0.229 e. The van der Waals surface area contributed by atoms with Gasteiger partial charge < -0.3 is 9.80 Å². The molecule has 0 bridgehead atoms. The average Bonchev–Trinajstić information content (AvgIpc) is 2.47. The monoisotopic (exact) mass is 289 g/mol. The number of amides is 1. The van der Waals surface area contributed by atoms with Crippen LogP contribution in [0.15, 0.2) is 24.5 Å². The summed E-state index contributed by atoms with van der Waals surface area (Å²) < 4.78 is 0. The number of carbonyl (C=O) groups is 1. The van der Waals surface area contributed by atoms with Crippen LogP contribution in [-0.4, -0.2) is 54.9 Å². The summed E-state index contributed by atoms with van der Waals surface area (Å²) in [6.07, 6.45) is 8.85. The predicted molar refractivity (Wildman–Crippen MR) is 85.0 cm³/mol. The second kappa shape index (κ2) is 7.03. The van der Waals surface area contributed by atoms with E-state index in [-0.39, 0.29) is 5.41 Å². The van der Waals surface area contributed by atoms with Gasteiger partial charge in [-0.1, -0.05) is 0 Å². The molecule has 1 aliphatic rings. The molecule has 1 atom stereocenters. The van der Waals surface area contributed by atoms with Gasteiger partial charge in [-0.15, -0.1) is 0 Å². The van der Waals surface area contributed by atoms with Gasteiger partial charge in [0.15, 0.2) is 0 Å². The molecule has 1 aromatic rings. The van der Waals surface area contributed by atoms with E-state index in [1.165, 1.54) is 5.56 Å². The number of aromatic nitrogens is 1. The van der Waals surface area contributed by atoms with Gasteiger partial charge in [0.2, 0.25) is 5.91 Å². The molecule has 1 fully saturated rings. The molecular formula is C17H27N3O. The van der Waals surface area contributed by atoms with E-state index in [1.54, 1.807) is 4.90 Å². The number of aryl methyl sites for hydroxylation is 1. The lowest BCUT2D eigenvalue weighted by Gasteiger charge is -2.41. The van der Waals surface area contributed by atoms with Gasteiger partial charge in [-0.2, -0.15) is 0 Å². The normalized spacial score (nSPS) is 23.0. The van der Waals surface area contributed by atoms with Crippen molar-refractivity contribution >= 4 is 5.91 Å². The summed E-state index contributed by atoms with van der Waals surface area (Å²) >= 11 is 0. The molecule has 2 rings (SSSR count). The van der Waals surface area contributed by atoms with Gasteiger partial charge in [-0.05, 0) is 63.4 Å². The number of nitrogens with zero attached hydrogens (tertiary/aromatic N) is 3. The topological polar surface area (TPSA) is 36.4 Å².